The van der Waals surface area contributed by atoms with Crippen molar-refractivity contribution in [2.75, 3.05) is 0 Å². The summed E-state index contributed by atoms with van der Waals surface area (Å²) in [6.07, 6.45) is 6.84. The molecule has 1 aliphatic rings. The highest BCUT2D eigenvalue weighted by atomic mass is 32.1. The molecule has 1 aromatic carbocycles. The molecule has 3 aromatic rings. The highest BCUT2D eigenvalue weighted by Gasteiger charge is 2.24. The maximum Gasteiger partial charge on any atom is 0.348 e. The van der Waals surface area contributed by atoms with Gasteiger partial charge in [0, 0.05) is 0 Å². The van der Waals surface area contributed by atoms with Crippen LogP contribution in [0, 0.1) is 13.8 Å². The third kappa shape index (κ3) is 3.61. The lowest BCUT2D eigenvalue weighted by Crippen LogP contribution is -2.22. The van der Waals surface area contributed by atoms with Crippen LogP contribution in [0.15, 0.2) is 35.4 Å². The number of thiophene rings is 1. The number of hydrogen-bond acceptors (Lipinski definition) is 5. The number of ether oxygens (including phenoxy) is 1. The predicted molar refractivity (Wildman–Crippen MR) is 111 cm³/mol. The second kappa shape index (κ2) is 7.87. The first-order valence-corrected chi connectivity index (χ1v) is 10.6. The monoisotopic (exact) mass is 396 g/mol. The molecule has 0 atom stereocenters. The van der Waals surface area contributed by atoms with Crippen LogP contribution in [-0.4, -0.2) is 21.6 Å². The largest absolute Gasteiger partial charge is 0.458 e. The molecule has 0 N–H and O–H groups in total. The van der Waals surface area contributed by atoms with Crippen molar-refractivity contribution in [2.45, 2.75) is 58.6 Å². The van der Waals surface area contributed by atoms with E-state index in [1.807, 2.05) is 38.1 Å². The number of benzene rings is 1. The SMILES string of the molecule is Cc1ccccc1Cn1cnc2sc(C(=O)OC3CCCCC3)c(C)c2c1=O. The minimum Gasteiger partial charge on any atom is -0.458 e. The predicted octanol–water partition coefficient (Wildman–Crippen LogP) is 4.61. The van der Waals surface area contributed by atoms with Gasteiger partial charge in [-0.2, -0.15) is 0 Å². The van der Waals surface area contributed by atoms with Crippen molar-refractivity contribution in [2.24, 2.45) is 0 Å². The lowest BCUT2D eigenvalue weighted by molar-refractivity contribution is 0.0216. The highest BCUT2D eigenvalue weighted by molar-refractivity contribution is 7.20. The molecule has 0 radical (unpaired) electrons. The van der Waals surface area contributed by atoms with Crippen molar-refractivity contribution in [1.82, 2.24) is 9.55 Å². The molecule has 0 unspecified atom stereocenters. The molecule has 1 saturated carbocycles. The molecule has 0 aliphatic heterocycles. The molecule has 0 spiro atoms. The summed E-state index contributed by atoms with van der Waals surface area (Å²) in [6.45, 7) is 4.31. The maximum absolute atomic E-state index is 13.1. The average molecular weight is 397 g/mol. The van der Waals surface area contributed by atoms with Crippen LogP contribution >= 0.6 is 11.3 Å². The van der Waals surface area contributed by atoms with Crippen molar-refractivity contribution >= 4 is 27.5 Å². The molecule has 4 rings (SSSR count). The van der Waals surface area contributed by atoms with Crippen LogP contribution in [0.25, 0.3) is 10.2 Å². The van der Waals surface area contributed by atoms with Gasteiger partial charge in [0.25, 0.3) is 5.56 Å². The molecule has 2 heterocycles. The van der Waals surface area contributed by atoms with Crippen LogP contribution in [-0.2, 0) is 11.3 Å². The van der Waals surface area contributed by atoms with E-state index >= 15 is 0 Å². The number of carbonyl (C=O) groups excluding carboxylic acids is 1. The number of nitrogens with zero attached hydrogens (tertiary/aromatic N) is 2. The van der Waals surface area contributed by atoms with Gasteiger partial charge in [-0.25, -0.2) is 9.78 Å². The first kappa shape index (κ1) is 18.9. The van der Waals surface area contributed by atoms with Crippen molar-refractivity contribution in [3.8, 4) is 0 Å². The number of fused-ring (bicyclic) bond motifs is 1. The Labute approximate surface area is 168 Å². The van der Waals surface area contributed by atoms with E-state index in [-0.39, 0.29) is 17.6 Å². The Kier molecular flexibility index (Phi) is 5.31. The van der Waals surface area contributed by atoms with Crippen molar-refractivity contribution in [3.63, 3.8) is 0 Å². The number of hydrogen-bond donors (Lipinski definition) is 0. The Morgan fingerprint density at radius 1 is 1.21 bits per heavy atom. The number of carbonyl (C=O) groups is 1. The fraction of sp³-hybridized carbons (Fsp3) is 0.409. The summed E-state index contributed by atoms with van der Waals surface area (Å²) < 4.78 is 7.32. The zero-order valence-electron chi connectivity index (χ0n) is 16.2. The summed E-state index contributed by atoms with van der Waals surface area (Å²) in [6, 6.07) is 7.99. The summed E-state index contributed by atoms with van der Waals surface area (Å²) in [5, 5.41) is 0.525. The fourth-order valence-electron chi connectivity index (χ4n) is 3.83. The van der Waals surface area contributed by atoms with Gasteiger partial charge in [0.15, 0.2) is 0 Å². The molecular weight excluding hydrogens is 372 g/mol. The van der Waals surface area contributed by atoms with E-state index < -0.39 is 0 Å². The lowest BCUT2D eigenvalue weighted by Gasteiger charge is -2.21. The van der Waals surface area contributed by atoms with Crippen LogP contribution in [0.2, 0.25) is 0 Å². The smallest absolute Gasteiger partial charge is 0.348 e. The molecule has 5 nitrogen and oxygen atoms in total. The van der Waals surface area contributed by atoms with Gasteiger partial charge in [0.05, 0.1) is 18.3 Å². The molecule has 0 bridgehead atoms. The molecule has 0 saturated heterocycles. The fourth-order valence-corrected chi connectivity index (χ4v) is 4.85. The van der Waals surface area contributed by atoms with Crippen LogP contribution in [0.5, 0.6) is 0 Å². The second-order valence-electron chi connectivity index (χ2n) is 7.51. The van der Waals surface area contributed by atoms with E-state index in [0.29, 0.717) is 27.2 Å². The van der Waals surface area contributed by atoms with E-state index in [1.165, 1.54) is 17.8 Å². The number of rotatable bonds is 4. The van der Waals surface area contributed by atoms with Crippen molar-refractivity contribution in [3.05, 3.63) is 62.5 Å². The Balaban J connectivity index is 1.65. The average Bonchev–Trinajstić information content (AvgIpc) is 3.04. The zero-order chi connectivity index (χ0) is 19.7. The van der Waals surface area contributed by atoms with Gasteiger partial charge in [-0.15, -0.1) is 11.3 Å². The topological polar surface area (TPSA) is 61.2 Å². The lowest BCUT2D eigenvalue weighted by atomic mass is 9.98. The Hall–Kier alpha value is -2.47. The normalized spacial score (nSPS) is 15.1. The minimum atomic E-state index is -0.322. The minimum absolute atomic E-state index is 0.00321. The third-order valence-corrected chi connectivity index (χ3v) is 6.71. The first-order chi connectivity index (χ1) is 13.5. The first-order valence-electron chi connectivity index (χ1n) is 9.78. The van der Waals surface area contributed by atoms with Crippen LogP contribution in [0.3, 0.4) is 0 Å². The highest BCUT2D eigenvalue weighted by Crippen LogP contribution is 2.29. The van der Waals surface area contributed by atoms with E-state index in [2.05, 4.69) is 4.98 Å². The van der Waals surface area contributed by atoms with Crippen LogP contribution < -0.4 is 5.56 Å². The molecule has 146 valence electrons. The molecule has 1 aliphatic carbocycles. The summed E-state index contributed by atoms with van der Waals surface area (Å²) >= 11 is 1.25. The third-order valence-electron chi connectivity index (χ3n) is 5.53. The Morgan fingerprint density at radius 3 is 2.71 bits per heavy atom. The Morgan fingerprint density at radius 2 is 1.96 bits per heavy atom. The zero-order valence-corrected chi connectivity index (χ0v) is 17.1. The molecular formula is C22H24N2O3S. The summed E-state index contributed by atoms with van der Waals surface area (Å²) in [4.78, 5) is 31.3. The van der Waals surface area contributed by atoms with E-state index in [1.54, 1.807) is 10.9 Å². The van der Waals surface area contributed by atoms with Gasteiger partial charge in [-0.1, -0.05) is 30.7 Å². The summed E-state index contributed by atoms with van der Waals surface area (Å²) in [5.41, 5.74) is 2.78. The van der Waals surface area contributed by atoms with E-state index in [4.69, 9.17) is 4.74 Å². The van der Waals surface area contributed by atoms with E-state index in [9.17, 15) is 9.59 Å². The second-order valence-corrected chi connectivity index (χ2v) is 8.50. The maximum atomic E-state index is 13.1. The van der Waals surface area contributed by atoms with Gasteiger partial charge in [0.2, 0.25) is 0 Å². The standard InChI is InChI=1S/C22H24N2O3S/c1-14-8-6-7-9-16(14)12-24-13-23-20-18(21(24)25)15(2)19(28-20)22(26)27-17-10-4-3-5-11-17/h6-9,13,17H,3-5,10-12H2,1-2H3. The van der Waals surface area contributed by atoms with Crippen molar-refractivity contribution in [1.29, 1.82) is 0 Å². The van der Waals surface area contributed by atoms with E-state index in [0.717, 1.165) is 36.8 Å². The Bertz CT molecular complexity index is 1080. The van der Waals surface area contributed by atoms with Crippen LogP contribution in [0.1, 0.15) is 58.5 Å². The molecule has 28 heavy (non-hydrogen) atoms. The van der Waals surface area contributed by atoms with Gasteiger partial charge in [-0.05, 0) is 56.2 Å². The van der Waals surface area contributed by atoms with Gasteiger partial charge < -0.3 is 4.74 Å². The number of aryl methyl sites for hydroxylation is 2. The van der Waals surface area contributed by atoms with Crippen LogP contribution in [0.4, 0.5) is 0 Å². The number of aromatic nitrogens is 2. The molecule has 6 heteroatoms. The molecule has 1 fully saturated rings. The van der Waals surface area contributed by atoms with Crippen molar-refractivity contribution < 1.29 is 9.53 Å². The van der Waals surface area contributed by atoms with Gasteiger partial charge in [-0.3, -0.25) is 9.36 Å². The quantitative estimate of drug-likeness (QED) is 0.604. The van der Waals surface area contributed by atoms with Gasteiger partial charge in [0.1, 0.15) is 15.8 Å². The van der Waals surface area contributed by atoms with Gasteiger partial charge >= 0.3 is 5.97 Å². The summed E-state index contributed by atoms with van der Waals surface area (Å²) in [7, 11) is 0. The molecule has 0 amide bonds. The number of esters is 1. The molecule has 2 aromatic heterocycles. The summed E-state index contributed by atoms with van der Waals surface area (Å²) in [5.74, 6) is -0.322.